The van der Waals surface area contributed by atoms with Crippen LogP contribution in [0.15, 0.2) is 36.5 Å². The molecule has 2 aliphatic rings. The molecule has 1 aromatic heterocycles. The molecule has 2 fully saturated rings. The molecule has 214 valence electrons. The first kappa shape index (κ1) is 28.7. The summed E-state index contributed by atoms with van der Waals surface area (Å²) in [7, 11) is 1.43. The second-order valence-corrected chi connectivity index (χ2v) is 10.0. The van der Waals surface area contributed by atoms with Crippen molar-refractivity contribution in [3.8, 4) is 17.4 Å². The van der Waals surface area contributed by atoms with Gasteiger partial charge in [0.1, 0.15) is 11.5 Å². The molecule has 2 aromatic rings. The van der Waals surface area contributed by atoms with Crippen LogP contribution in [0.3, 0.4) is 0 Å². The molecule has 1 aliphatic heterocycles. The Balaban J connectivity index is 1.35. The summed E-state index contributed by atoms with van der Waals surface area (Å²) in [5, 5.41) is 9.27. The molecule has 1 unspecified atom stereocenters. The molecule has 1 N–H and O–H groups in total. The normalized spacial score (nSPS) is 17.5. The fourth-order valence-electron chi connectivity index (χ4n) is 4.77. The van der Waals surface area contributed by atoms with Gasteiger partial charge in [0.25, 0.3) is 0 Å². The lowest BCUT2D eigenvalue weighted by atomic mass is 9.92. The Morgan fingerprint density at radius 2 is 1.79 bits per heavy atom. The van der Waals surface area contributed by atoms with E-state index in [1.165, 1.54) is 19.2 Å². The molecule has 1 saturated heterocycles. The number of aromatic nitrogens is 1. The molecule has 0 bridgehead atoms. The highest BCUT2D eigenvalue weighted by molar-refractivity contribution is 5.68. The molecule has 0 spiro atoms. The SMILES string of the molecule is COc1ccc(OCC(F)(F)C(F)(F)F)c(N2CCC(COc3cc(C(CC(=O)O)C4CC4)ccn3)CC2)c1. The number of ether oxygens (including phenoxy) is 3. The smallest absolute Gasteiger partial charge is 0.456 e. The summed E-state index contributed by atoms with van der Waals surface area (Å²) < 4.78 is 80.8. The van der Waals surface area contributed by atoms with E-state index in [-0.39, 0.29) is 24.0 Å². The van der Waals surface area contributed by atoms with E-state index >= 15 is 0 Å². The van der Waals surface area contributed by atoms with Crippen molar-refractivity contribution in [2.45, 2.75) is 50.1 Å². The number of hydrogen-bond donors (Lipinski definition) is 1. The standard InChI is InChI=1S/C27H31F5N2O5/c1-37-20-4-5-23(39-16-26(28,29)27(30,31)32)22(13-20)34-10-7-17(8-11-34)15-38-24-12-19(6-9-33-24)21(14-25(35)36)18-2-3-18/h4-6,9,12-13,17-18,21H,2-3,7-8,10-11,14-16H2,1H3,(H,35,36). The zero-order chi connectivity index (χ0) is 28.2. The van der Waals surface area contributed by atoms with Gasteiger partial charge in [-0.15, -0.1) is 0 Å². The third kappa shape index (κ3) is 7.42. The van der Waals surface area contributed by atoms with Crippen LogP contribution in [0.4, 0.5) is 27.6 Å². The van der Waals surface area contributed by atoms with Gasteiger partial charge in [-0.25, -0.2) is 4.98 Å². The summed E-state index contributed by atoms with van der Waals surface area (Å²) >= 11 is 0. The van der Waals surface area contributed by atoms with Crippen LogP contribution in [0.2, 0.25) is 0 Å². The van der Waals surface area contributed by atoms with Crippen LogP contribution in [0.1, 0.15) is 43.6 Å². The minimum absolute atomic E-state index is 0.0635. The molecule has 1 saturated carbocycles. The third-order valence-corrected chi connectivity index (χ3v) is 7.18. The predicted octanol–water partition coefficient (Wildman–Crippen LogP) is 5.93. The molecule has 4 rings (SSSR count). The Morgan fingerprint density at radius 3 is 2.41 bits per heavy atom. The van der Waals surface area contributed by atoms with Crippen LogP contribution in [-0.4, -0.2) is 61.6 Å². The highest BCUT2D eigenvalue weighted by Gasteiger charge is 2.58. The average Bonchev–Trinajstić information content (AvgIpc) is 3.74. The fourth-order valence-corrected chi connectivity index (χ4v) is 4.77. The lowest BCUT2D eigenvalue weighted by molar-refractivity contribution is -0.289. The Hall–Kier alpha value is -3.31. The minimum atomic E-state index is -5.71. The van der Waals surface area contributed by atoms with E-state index in [4.69, 9.17) is 14.2 Å². The van der Waals surface area contributed by atoms with E-state index in [1.54, 1.807) is 18.3 Å². The van der Waals surface area contributed by atoms with Crippen molar-refractivity contribution in [3.63, 3.8) is 0 Å². The van der Waals surface area contributed by atoms with Crippen molar-refractivity contribution in [1.29, 1.82) is 0 Å². The van der Waals surface area contributed by atoms with Crippen molar-refractivity contribution >= 4 is 11.7 Å². The number of hydrogen-bond acceptors (Lipinski definition) is 6. The van der Waals surface area contributed by atoms with E-state index in [9.17, 15) is 31.9 Å². The number of pyridine rings is 1. The van der Waals surface area contributed by atoms with E-state index in [2.05, 4.69) is 4.98 Å². The van der Waals surface area contributed by atoms with Gasteiger partial charge >= 0.3 is 18.1 Å². The number of aliphatic carboxylic acids is 1. The number of benzene rings is 1. The molecular formula is C27H31F5N2O5. The van der Waals surface area contributed by atoms with Crippen LogP contribution in [0.25, 0.3) is 0 Å². The largest absolute Gasteiger partial charge is 0.497 e. The van der Waals surface area contributed by atoms with Crippen molar-refractivity contribution in [2.75, 3.05) is 38.3 Å². The number of carboxylic acids is 1. The van der Waals surface area contributed by atoms with Gasteiger partial charge in [-0.3, -0.25) is 4.79 Å². The highest BCUT2D eigenvalue weighted by Crippen LogP contribution is 2.45. The number of piperidine rings is 1. The van der Waals surface area contributed by atoms with Crippen molar-refractivity contribution < 1.29 is 46.1 Å². The average molecular weight is 559 g/mol. The van der Waals surface area contributed by atoms with Gasteiger partial charge in [-0.1, -0.05) is 0 Å². The molecule has 12 heteroatoms. The molecule has 39 heavy (non-hydrogen) atoms. The summed E-state index contributed by atoms with van der Waals surface area (Å²) in [5.74, 6) is -4.58. The summed E-state index contributed by atoms with van der Waals surface area (Å²) in [6, 6.07) is 7.96. The molecule has 7 nitrogen and oxygen atoms in total. The highest BCUT2D eigenvalue weighted by atomic mass is 19.4. The molecule has 1 atom stereocenters. The topological polar surface area (TPSA) is 81.1 Å². The first-order valence-electron chi connectivity index (χ1n) is 12.8. The second-order valence-electron chi connectivity index (χ2n) is 10.0. The number of alkyl halides is 5. The van der Waals surface area contributed by atoms with Gasteiger partial charge in [-0.2, -0.15) is 22.0 Å². The number of methoxy groups -OCH3 is 1. The molecule has 1 aromatic carbocycles. The quantitative estimate of drug-likeness (QED) is 0.324. The predicted molar refractivity (Wildman–Crippen MR) is 132 cm³/mol. The third-order valence-electron chi connectivity index (χ3n) is 7.18. The lowest BCUT2D eigenvalue weighted by Crippen LogP contribution is -2.42. The molecular weight excluding hydrogens is 527 g/mol. The Labute approximate surface area is 222 Å². The van der Waals surface area contributed by atoms with E-state index in [0.717, 1.165) is 18.4 Å². The van der Waals surface area contributed by atoms with Crippen LogP contribution in [0, 0.1) is 11.8 Å². The number of carbonyl (C=O) groups is 1. The number of carboxylic acid groups (broad SMARTS) is 1. The van der Waals surface area contributed by atoms with Crippen LogP contribution in [-0.2, 0) is 4.79 Å². The maximum absolute atomic E-state index is 13.4. The summed E-state index contributed by atoms with van der Waals surface area (Å²) in [5.41, 5.74) is 1.28. The second kappa shape index (κ2) is 11.8. The molecule has 0 amide bonds. The van der Waals surface area contributed by atoms with Gasteiger partial charge in [0, 0.05) is 31.4 Å². The van der Waals surface area contributed by atoms with Crippen molar-refractivity contribution in [1.82, 2.24) is 4.98 Å². The number of rotatable bonds is 12. The maximum Gasteiger partial charge on any atom is 0.456 e. The number of anilines is 1. The Bertz CT molecular complexity index is 1130. The zero-order valence-corrected chi connectivity index (χ0v) is 21.4. The minimum Gasteiger partial charge on any atom is -0.497 e. The fraction of sp³-hybridized carbons (Fsp3) is 0.556. The summed E-state index contributed by atoms with van der Waals surface area (Å²) in [6.45, 7) is -0.428. The Morgan fingerprint density at radius 1 is 1.08 bits per heavy atom. The van der Waals surface area contributed by atoms with Gasteiger partial charge in [0.05, 0.1) is 25.8 Å². The van der Waals surface area contributed by atoms with Gasteiger partial charge in [0.2, 0.25) is 5.88 Å². The molecule has 2 heterocycles. The van der Waals surface area contributed by atoms with E-state index < -0.39 is 24.7 Å². The van der Waals surface area contributed by atoms with Crippen molar-refractivity contribution in [3.05, 3.63) is 42.1 Å². The summed E-state index contributed by atoms with van der Waals surface area (Å²) in [6.07, 6.45) is -0.633. The zero-order valence-electron chi connectivity index (χ0n) is 21.4. The van der Waals surface area contributed by atoms with E-state index in [0.29, 0.717) is 55.8 Å². The van der Waals surface area contributed by atoms with Gasteiger partial charge in [0.15, 0.2) is 6.61 Å². The first-order valence-corrected chi connectivity index (χ1v) is 12.8. The van der Waals surface area contributed by atoms with Crippen molar-refractivity contribution in [2.24, 2.45) is 11.8 Å². The van der Waals surface area contributed by atoms with Gasteiger partial charge < -0.3 is 24.2 Å². The molecule has 0 radical (unpaired) electrons. The summed E-state index contributed by atoms with van der Waals surface area (Å²) in [4.78, 5) is 17.4. The molecule has 1 aliphatic carbocycles. The Kier molecular flexibility index (Phi) is 8.70. The van der Waals surface area contributed by atoms with Gasteiger partial charge in [-0.05, 0) is 67.2 Å². The maximum atomic E-state index is 13.4. The number of nitrogens with zero attached hydrogens (tertiary/aromatic N) is 2. The first-order chi connectivity index (χ1) is 18.5. The van der Waals surface area contributed by atoms with Crippen LogP contribution in [0.5, 0.6) is 17.4 Å². The monoisotopic (exact) mass is 558 g/mol. The van der Waals surface area contributed by atoms with Crippen LogP contribution >= 0.6 is 0 Å². The lowest BCUT2D eigenvalue weighted by Gasteiger charge is -2.34. The van der Waals surface area contributed by atoms with Crippen LogP contribution < -0.4 is 19.1 Å². The van der Waals surface area contributed by atoms with E-state index in [1.807, 2.05) is 11.0 Å². The number of halogens is 5.